The normalized spacial score (nSPS) is 22.0. The lowest BCUT2D eigenvalue weighted by atomic mass is 9.95. The molecular weight excluding hydrogens is 170 g/mol. The molecule has 64 valence electrons. The van der Waals surface area contributed by atoms with E-state index < -0.39 is 0 Å². The van der Waals surface area contributed by atoms with Crippen molar-refractivity contribution in [3.8, 4) is 0 Å². The Hall–Kier alpha value is -0.530. The van der Waals surface area contributed by atoms with Crippen LogP contribution in [0.15, 0.2) is 18.2 Å². The molecule has 1 aromatic rings. The minimum absolute atomic E-state index is 0.451. The lowest BCUT2D eigenvalue weighted by Gasteiger charge is -2.24. The van der Waals surface area contributed by atoms with Gasteiger partial charge in [-0.2, -0.15) is 0 Å². The molecule has 1 N–H and O–H groups in total. The van der Waals surface area contributed by atoms with Gasteiger partial charge in [-0.05, 0) is 37.1 Å². The van der Waals surface area contributed by atoms with E-state index in [-0.39, 0.29) is 0 Å². The maximum atomic E-state index is 6.08. The molecule has 0 amide bonds. The van der Waals surface area contributed by atoms with Crippen molar-refractivity contribution >= 4 is 11.6 Å². The topological polar surface area (TPSA) is 12.0 Å². The molecule has 12 heavy (non-hydrogen) atoms. The zero-order valence-corrected chi connectivity index (χ0v) is 7.86. The van der Waals surface area contributed by atoms with Crippen LogP contribution in [-0.2, 0) is 6.42 Å². The molecular formula is C10H12ClN. The van der Waals surface area contributed by atoms with Crippen LogP contribution in [0.3, 0.4) is 0 Å². The van der Waals surface area contributed by atoms with Gasteiger partial charge in [0.1, 0.15) is 0 Å². The zero-order valence-electron chi connectivity index (χ0n) is 7.10. The minimum atomic E-state index is 0.451. The molecule has 0 saturated heterocycles. The highest BCUT2D eigenvalue weighted by atomic mass is 35.5. The molecule has 2 heteroatoms. The average molecular weight is 182 g/mol. The lowest BCUT2D eigenvalue weighted by Crippen LogP contribution is -2.27. The summed E-state index contributed by atoms with van der Waals surface area (Å²) in [6.07, 6.45) is 1.05. The molecule has 0 radical (unpaired) electrons. The molecule has 1 atom stereocenters. The number of fused-ring (bicyclic) bond motifs is 1. The van der Waals surface area contributed by atoms with Crippen LogP contribution in [0, 0.1) is 0 Å². The molecule has 1 aliphatic rings. The van der Waals surface area contributed by atoms with E-state index in [0.29, 0.717) is 6.04 Å². The summed E-state index contributed by atoms with van der Waals surface area (Å²) in [5, 5.41) is 4.32. The van der Waals surface area contributed by atoms with Crippen molar-refractivity contribution in [2.45, 2.75) is 19.4 Å². The van der Waals surface area contributed by atoms with Gasteiger partial charge in [0, 0.05) is 11.1 Å². The van der Waals surface area contributed by atoms with Crippen molar-refractivity contribution in [2.24, 2.45) is 0 Å². The summed E-state index contributed by atoms with van der Waals surface area (Å²) >= 11 is 6.08. The van der Waals surface area contributed by atoms with Crippen molar-refractivity contribution < 1.29 is 0 Å². The van der Waals surface area contributed by atoms with Crippen LogP contribution in [0.5, 0.6) is 0 Å². The largest absolute Gasteiger partial charge is 0.310 e. The fraction of sp³-hybridized carbons (Fsp3) is 0.400. The van der Waals surface area contributed by atoms with Crippen molar-refractivity contribution in [3.05, 3.63) is 34.3 Å². The number of nitrogens with one attached hydrogen (secondary N) is 1. The Morgan fingerprint density at radius 1 is 1.50 bits per heavy atom. The van der Waals surface area contributed by atoms with Crippen LogP contribution in [0.25, 0.3) is 0 Å². The summed E-state index contributed by atoms with van der Waals surface area (Å²) in [4.78, 5) is 0. The molecule has 0 aliphatic carbocycles. The van der Waals surface area contributed by atoms with Crippen molar-refractivity contribution in [3.63, 3.8) is 0 Å². The molecule has 0 fully saturated rings. The molecule has 0 saturated carbocycles. The van der Waals surface area contributed by atoms with Gasteiger partial charge in [0.15, 0.2) is 0 Å². The van der Waals surface area contributed by atoms with E-state index in [1.807, 2.05) is 12.1 Å². The van der Waals surface area contributed by atoms with E-state index in [1.54, 1.807) is 0 Å². The van der Waals surface area contributed by atoms with Crippen LogP contribution in [0.1, 0.15) is 24.1 Å². The van der Waals surface area contributed by atoms with Gasteiger partial charge in [-0.3, -0.25) is 0 Å². The predicted octanol–water partition coefficient (Wildman–Crippen LogP) is 2.55. The van der Waals surface area contributed by atoms with Gasteiger partial charge in [0.25, 0.3) is 0 Å². The standard InChI is InChI=1S/C10H12ClN/c1-7-8-3-2-4-10(11)9(8)5-6-12-7/h2-4,7,12H,5-6H2,1H3. The second-order valence-corrected chi connectivity index (χ2v) is 3.64. The summed E-state index contributed by atoms with van der Waals surface area (Å²) in [5.74, 6) is 0. The maximum absolute atomic E-state index is 6.08. The highest BCUT2D eigenvalue weighted by molar-refractivity contribution is 6.31. The molecule has 2 rings (SSSR count). The highest BCUT2D eigenvalue weighted by Gasteiger charge is 2.16. The number of rotatable bonds is 0. The van der Waals surface area contributed by atoms with E-state index in [9.17, 15) is 0 Å². The zero-order chi connectivity index (χ0) is 8.55. The van der Waals surface area contributed by atoms with Crippen LogP contribution in [-0.4, -0.2) is 6.54 Å². The van der Waals surface area contributed by atoms with Crippen LogP contribution in [0.2, 0.25) is 5.02 Å². The molecule has 1 aromatic carbocycles. The van der Waals surface area contributed by atoms with Gasteiger partial charge >= 0.3 is 0 Å². The van der Waals surface area contributed by atoms with Crippen molar-refractivity contribution in [1.29, 1.82) is 0 Å². The first-order valence-corrected chi connectivity index (χ1v) is 4.67. The first-order valence-electron chi connectivity index (χ1n) is 4.29. The Labute approximate surface area is 77.7 Å². The fourth-order valence-electron chi connectivity index (χ4n) is 1.77. The van der Waals surface area contributed by atoms with E-state index in [1.165, 1.54) is 11.1 Å². The Bertz CT molecular complexity index is 296. The summed E-state index contributed by atoms with van der Waals surface area (Å²) in [6, 6.07) is 6.59. The van der Waals surface area contributed by atoms with Gasteiger partial charge in [-0.25, -0.2) is 0 Å². The van der Waals surface area contributed by atoms with Gasteiger partial charge in [0.05, 0.1) is 0 Å². The molecule has 1 aliphatic heterocycles. The van der Waals surface area contributed by atoms with Crippen LogP contribution >= 0.6 is 11.6 Å². The smallest absolute Gasteiger partial charge is 0.0441 e. The summed E-state index contributed by atoms with van der Waals surface area (Å²) < 4.78 is 0. The maximum Gasteiger partial charge on any atom is 0.0441 e. The third kappa shape index (κ3) is 1.23. The Morgan fingerprint density at radius 2 is 2.33 bits per heavy atom. The Balaban J connectivity index is 2.52. The lowest BCUT2D eigenvalue weighted by molar-refractivity contribution is 0.541. The molecule has 0 spiro atoms. The van der Waals surface area contributed by atoms with E-state index in [4.69, 9.17) is 11.6 Å². The first-order chi connectivity index (χ1) is 5.79. The third-order valence-electron chi connectivity index (χ3n) is 2.45. The third-order valence-corrected chi connectivity index (χ3v) is 2.80. The summed E-state index contributed by atoms with van der Waals surface area (Å²) in [7, 11) is 0. The van der Waals surface area contributed by atoms with Crippen molar-refractivity contribution in [1.82, 2.24) is 5.32 Å². The second kappa shape index (κ2) is 3.08. The monoisotopic (exact) mass is 181 g/mol. The number of benzene rings is 1. The number of hydrogen-bond acceptors (Lipinski definition) is 1. The minimum Gasteiger partial charge on any atom is -0.310 e. The highest BCUT2D eigenvalue weighted by Crippen LogP contribution is 2.27. The van der Waals surface area contributed by atoms with Crippen LogP contribution in [0.4, 0.5) is 0 Å². The summed E-state index contributed by atoms with van der Waals surface area (Å²) in [5.41, 5.74) is 2.68. The van der Waals surface area contributed by atoms with Gasteiger partial charge in [-0.1, -0.05) is 23.7 Å². The van der Waals surface area contributed by atoms with Crippen LogP contribution < -0.4 is 5.32 Å². The number of halogens is 1. The molecule has 0 aromatic heterocycles. The predicted molar refractivity (Wildman–Crippen MR) is 51.6 cm³/mol. The molecule has 1 unspecified atom stereocenters. The Kier molecular flexibility index (Phi) is 2.07. The SMILES string of the molecule is CC1NCCc2c(Cl)cccc21. The second-order valence-electron chi connectivity index (χ2n) is 3.23. The van der Waals surface area contributed by atoms with E-state index >= 15 is 0 Å². The van der Waals surface area contributed by atoms with E-state index in [0.717, 1.165) is 18.0 Å². The number of hydrogen-bond donors (Lipinski definition) is 1. The quantitative estimate of drug-likeness (QED) is 0.649. The molecule has 1 heterocycles. The van der Waals surface area contributed by atoms with Crippen molar-refractivity contribution in [2.75, 3.05) is 6.54 Å². The molecule has 0 bridgehead atoms. The fourth-order valence-corrected chi connectivity index (χ4v) is 2.04. The Morgan fingerprint density at radius 3 is 3.08 bits per heavy atom. The molecule has 1 nitrogen and oxygen atoms in total. The van der Waals surface area contributed by atoms with Gasteiger partial charge < -0.3 is 5.32 Å². The van der Waals surface area contributed by atoms with Gasteiger partial charge in [-0.15, -0.1) is 0 Å². The first kappa shape index (κ1) is 8.09. The van der Waals surface area contributed by atoms with E-state index in [2.05, 4.69) is 18.3 Å². The average Bonchev–Trinajstić information content (AvgIpc) is 2.07. The summed E-state index contributed by atoms with van der Waals surface area (Å²) in [6.45, 7) is 3.21. The van der Waals surface area contributed by atoms with Gasteiger partial charge in [0.2, 0.25) is 0 Å².